The molecule has 3 aromatic carbocycles. The maximum atomic E-state index is 11.1. The number of fused-ring (bicyclic) bond motifs is 1. The van der Waals surface area contributed by atoms with Crippen LogP contribution in [0.5, 0.6) is 0 Å². The number of imidazole rings is 1. The van der Waals surface area contributed by atoms with Gasteiger partial charge in [-0.3, -0.25) is 0 Å². The van der Waals surface area contributed by atoms with Crippen molar-refractivity contribution in [2.45, 2.75) is 6.10 Å². The van der Waals surface area contributed by atoms with Gasteiger partial charge in [0, 0.05) is 33.6 Å². The lowest BCUT2D eigenvalue weighted by Gasteiger charge is -2.18. The minimum atomic E-state index is -0.844. The molecule has 1 N–H and O–H groups in total. The summed E-state index contributed by atoms with van der Waals surface area (Å²) in [7, 11) is 1.85. The highest BCUT2D eigenvalue weighted by atomic mass is 35.5. The van der Waals surface area contributed by atoms with Crippen molar-refractivity contribution in [3.05, 3.63) is 106 Å². The largest absolute Gasteiger partial charge is 0.382 e. The van der Waals surface area contributed by atoms with Crippen LogP contribution in [0.2, 0.25) is 15.2 Å². The first-order valence-electron chi connectivity index (χ1n) is 10.2. The van der Waals surface area contributed by atoms with Crippen LogP contribution in [0, 0.1) is 0 Å². The third-order valence-electron chi connectivity index (χ3n) is 5.66. The van der Waals surface area contributed by atoms with Crippen LogP contribution in [0.25, 0.3) is 33.2 Å². The molecule has 0 aliphatic heterocycles. The van der Waals surface area contributed by atoms with Crippen molar-refractivity contribution in [2.75, 3.05) is 0 Å². The van der Waals surface area contributed by atoms with Gasteiger partial charge in [-0.25, -0.2) is 9.97 Å². The summed E-state index contributed by atoms with van der Waals surface area (Å²) < 4.78 is 1.80. The number of aliphatic hydroxyl groups excluding tert-OH is 1. The van der Waals surface area contributed by atoms with Gasteiger partial charge in [-0.2, -0.15) is 0 Å². The zero-order valence-corrected chi connectivity index (χ0v) is 19.8. The molecule has 2 aromatic heterocycles. The molecule has 1 atom stereocenters. The van der Waals surface area contributed by atoms with Gasteiger partial charge in [-0.15, -0.1) is 0 Å². The number of hydrogen-bond donors (Lipinski definition) is 1. The second kappa shape index (κ2) is 8.81. The number of halogens is 3. The quantitative estimate of drug-likeness (QED) is 0.266. The Bertz CT molecular complexity index is 1480. The molecule has 2 heterocycles. The van der Waals surface area contributed by atoms with Crippen molar-refractivity contribution in [2.24, 2.45) is 7.05 Å². The van der Waals surface area contributed by atoms with Crippen molar-refractivity contribution < 1.29 is 5.11 Å². The Kier molecular flexibility index (Phi) is 5.85. The number of hydrogen-bond acceptors (Lipinski definition) is 3. The molecule has 0 saturated carbocycles. The van der Waals surface area contributed by atoms with Crippen LogP contribution in [-0.2, 0) is 7.05 Å². The van der Waals surface area contributed by atoms with E-state index in [0.29, 0.717) is 26.4 Å². The maximum Gasteiger partial charge on any atom is 0.138 e. The van der Waals surface area contributed by atoms with Gasteiger partial charge in [0.15, 0.2) is 0 Å². The van der Waals surface area contributed by atoms with Gasteiger partial charge in [0.1, 0.15) is 11.3 Å². The molecule has 0 amide bonds. The van der Waals surface area contributed by atoms with E-state index in [9.17, 15) is 5.11 Å². The van der Waals surface area contributed by atoms with Crippen molar-refractivity contribution >= 4 is 45.7 Å². The number of nitrogens with zero attached hydrogens (tertiary/aromatic N) is 3. The molecule has 0 bridgehead atoms. The van der Waals surface area contributed by atoms with E-state index >= 15 is 0 Å². The Balaban J connectivity index is 1.82. The molecule has 1 unspecified atom stereocenters. The van der Waals surface area contributed by atoms with Crippen molar-refractivity contribution in [3.63, 3.8) is 0 Å². The van der Waals surface area contributed by atoms with Crippen molar-refractivity contribution in [1.82, 2.24) is 14.5 Å². The van der Waals surface area contributed by atoms with Gasteiger partial charge in [0.2, 0.25) is 0 Å². The molecular weight excluding hydrogens is 477 g/mol. The topological polar surface area (TPSA) is 50.9 Å². The van der Waals surface area contributed by atoms with E-state index in [4.69, 9.17) is 34.8 Å². The fourth-order valence-corrected chi connectivity index (χ4v) is 4.66. The highest BCUT2D eigenvalue weighted by Gasteiger charge is 2.20. The first kappa shape index (κ1) is 21.9. The Labute approximate surface area is 206 Å². The Morgan fingerprint density at radius 2 is 1.64 bits per heavy atom. The van der Waals surface area contributed by atoms with E-state index in [1.807, 2.05) is 73.8 Å². The van der Waals surface area contributed by atoms with E-state index < -0.39 is 6.10 Å². The zero-order valence-electron chi connectivity index (χ0n) is 17.5. The molecule has 0 spiro atoms. The number of pyridine rings is 1. The first-order valence-corrected chi connectivity index (χ1v) is 11.3. The Morgan fingerprint density at radius 3 is 2.33 bits per heavy atom. The molecule has 0 aliphatic carbocycles. The van der Waals surface area contributed by atoms with Gasteiger partial charge >= 0.3 is 0 Å². The van der Waals surface area contributed by atoms with Gasteiger partial charge < -0.3 is 9.67 Å². The highest BCUT2D eigenvalue weighted by molar-refractivity contribution is 6.34. The fourth-order valence-electron chi connectivity index (χ4n) is 4.05. The number of aryl methyl sites for hydroxylation is 1. The lowest BCUT2D eigenvalue weighted by atomic mass is 9.91. The van der Waals surface area contributed by atoms with Gasteiger partial charge in [0.25, 0.3) is 0 Å². The molecule has 0 saturated heterocycles. The van der Waals surface area contributed by atoms with Gasteiger partial charge in [-0.05, 0) is 53.1 Å². The molecule has 7 heteroatoms. The molecular formula is C26H18Cl3N3O. The van der Waals surface area contributed by atoms with E-state index in [2.05, 4.69) is 9.97 Å². The Morgan fingerprint density at radius 1 is 0.848 bits per heavy atom. The standard InChI is InChI=1S/C26H18Cl3N3O/c1-32-14-30-13-22(32)25(33)17-7-10-21-20(12-17)23(16-3-2-4-19(28)11-16)24(26(29)31-21)15-5-8-18(27)9-6-15/h2-14,25,33H,1H3. The highest BCUT2D eigenvalue weighted by Crippen LogP contribution is 2.43. The maximum absolute atomic E-state index is 11.1. The second-order valence-corrected chi connectivity index (χ2v) is 9.01. The molecule has 0 radical (unpaired) electrons. The number of rotatable bonds is 4. The summed E-state index contributed by atoms with van der Waals surface area (Å²) in [4.78, 5) is 8.79. The van der Waals surface area contributed by atoms with Crippen LogP contribution in [0.3, 0.4) is 0 Å². The van der Waals surface area contributed by atoms with Crippen molar-refractivity contribution in [1.29, 1.82) is 0 Å². The minimum Gasteiger partial charge on any atom is -0.382 e. The molecule has 0 aliphatic rings. The summed E-state index contributed by atoms with van der Waals surface area (Å²) in [5.74, 6) is 0. The van der Waals surface area contributed by atoms with E-state index in [1.54, 1.807) is 17.1 Å². The SMILES string of the molecule is Cn1cncc1C(O)c1ccc2nc(Cl)c(-c3ccc(Cl)cc3)c(-c3cccc(Cl)c3)c2c1. The summed E-state index contributed by atoms with van der Waals surface area (Å²) in [5.41, 5.74) is 5.57. The van der Waals surface area contributed by atoms with E-state index in [1.165, 1.54) is 0 Å². The summed E-state index contributed by atoms with van der Waals surface area (Å²) in [6.07, 6.45) is 2.48. The van der Waals surface area contributed by atoms with Crippen LogP contribution in [0.1, 0.15) is 17.4 Å². The minimum absolute atomic E-state index is 0.375. The van der Waals surface area contributed by atoms with E-state index in [-0.39, 0.29) is 0 Å². The van der Waals surface area contributed by atoms with Gasteiger partial charge in [-0.1, -0.05) is 65.1 Å². The molecule has 164 valence electrons. The van der Waals surface area contributed by atoms with E-state index in [0.717, 1.165) is 33.2 Å². The molecule has 5 rings (SSSR count). The summed E-state index contributed by atoms with van der Waals surface area (Å²) in [6, 6.07) is 20.8. The van der Waals surface area contributed by atoms with Crippen LogP contribution in [-0.4, -0.2) is 19.6 Å². The zero-order chi connectivity index (χ0) is 23.1. The summed E-state index contributed by atoms with van der Waals surface area (Å²) in [5, 5.41) is 13.5. The predicted molar refractivity (Wildman–Crippen MR) is 135 cm³/mol. The average molecular weight is 495 g/mol. The third-order valence-corrected chi connectivity index (χ3v) is 6.42. The lowest BCUT2D eigenvalue weighted by Crippen LogP contribution is -2.05. The van der Waals surface area contributed by atoms with Crippen LogP contribution >= 0.6 is 34.8 Å². The van der Waals surface area contributed by atoms with Crippen LogP contribution in [0.4, 0.5) is 0 Å². The third kappa shape index (κ3) is 4.11. The number of aliphatic hydroxyl groups is 1. The van der Waals surface area contributed by atoms with Gasteiger partial charge in [0.05, 0.1) is 23.7 Å². The molecule has 0 fully saturated rings. The monoisotopic (exact) mass is 493 g/mol. The van der Waals surface area contributed by atoms with Crippen LogP contribution in [0.15, 0.2) is 79.3 Å². The predicted octanol–water partition coefficient (Wildman–Crippen LogP) is 7.34. The lowest BCUT2D eigenvalue weighted by molar-refractivity contribution is 0.211. The fraction of sp³-hybridized carbons (Fsp3) is 0.0769. The number of benzene rings is 3. The Hall–Kier alpha value is -2.89. The molecule has 33 heavy (non-hydrogen) atoms. The molecule has 4 nitrogen and oxygen atoms in total. The number of aromatic nitrogens is 3. The summed E-state index contributed by atoms with van der Waals surface area (Å²) >= 11 is 19.2. The normalized spacial score (nSPS) is 12.3. The van der Waals surface area contributed by atoms with Crippen molar-refractivity contribution in [3.8, 4) is 22.3 Å². The first-order chi connectivity index (χ1) is 15.9. The summed E-state index contributed by atoms with van der Waals surface area (Å²) in [6.45, 7) is 0. The second-order valence-electron chi connectivity index (χ2n) is 7.78. The molecule has 5 aromatic rings. The smallest absolute Gasteiger partial charge is 0.138 e. The average Bonchev–Trinajstić information content (AvgIpc) is 3.24. The van der Waals surface area contributed by atoms with Crippen LogP contribution < -0.4 is 0 Å².